The number of hydrogen-bond acceptors (Lipinski definition) is 2. The predicted molar refractivity (Wildman–Crippen MR) is 46.3 cm³/mol. The first-order valence-corrected chi connectivity index (χ1v) is 3.06. The van der Waals surface area contributed by atoms with E-state index >= 15 is 0 Å². The molecule has 0 fully saturated rings. The van der Waals surface area contributed by atoms with Gasteiger partial charge in [-0.25, -0.2) is 9.59 Å². The maximum Gasteiger partial charge on any atom is 4.00 e. The van der Waals surface area contributed by atoms with Crippen LogP contribution in [0.4, 0.5) is 0 Å². The van der Waals surface area contributed by atoms with Gasteiger partial charge in [-0.2, -0.15) is 0 Å². The number of carbonyl (C=O) groups is 2. The van der Waals surface area contributed by atoms with Crippen LogP contribution in [0, 0.1) is 0 Å². The van der Waals surface area contributed by atoms with E-state index in [-0.39, 0.29) is 48.3 Å². The van der Waals surface area contributed by atoms with Crippen molar-refractivity contribution < 1.29 is 57.0 Å². The summed E-state index contributed by atoms with van der Waals surface area (Å²) in [4.78, 5) is 19.2. The molecule has 0 bridgehead atoms. The van der Waals surface area contributed by atoms with Gasteiger partial charge in [0.2, 0.25) is 0 Å². The van der Waals surface area contributed by atoms with Crippen LogP contribution >= 0.6 is 0 Å². The number of hydrogen-bond donors (Lipinski definition) is 2. The zero-order chi connectivity index (χ0) is 10.3. The molecular weight excluding hydrogens is 283 g/mol. The summed E-state index contributed by atoms with van der Waals surface area (Å²) in [6, 6.07) is 0. The number of carboxylic acid groups (broad SMARTS) is 2. The molecule has 0 spiro atoms. The van der Waals surface area contributed by atoms with Gasteiger partial charge in [0.25, 0.3) is 0 Å². The fraction of sp³-hybridized carbons (Fsp3) is 0.250. The number of rotatable bonds is 2. The summed E-state index contributed by atoms with van der Waals surface area (Å²) in [5, 5.41) is 15.8. The monoisotopic (exact) mass is 294 g/mol. The zero-order valence-corrected chi connectivity index (χ0v) is 10.9. The fourth-order valence-corrected chi connectivity index (χ4v) is 0. The van der Waals surface area contributed by atoms with E-state index in [9.17, 15) is 9.59 Å². The number of aliphatic carboxylic acids is 2. The predicted octanol–water partition coefficient (Wildman–Crippen LogP) is 1.05. The normalized spacial score (nSPS) is 6.00. The third-order valence-corrected chi connectivity index (χ3v) is 0.730. The van der Waals surface area contributed by atoms with Crippen molar-refractivity contribution in [2.24, 2.45) is 0 Å². The van der Waals surface area contributed by atoms with Crippen LogP contribution in [0.2, 0.25) is 0 Å². The summed E-state index contributed by atoms with van der Waals surface area (Å²) >= 11 is 0. The molecule has 0 rings (SSSR count). The van der Waals surface area contributed by atoms with Gasteiger partial charge in [0, 0.05) is 11.1 Å². The van der Waals surface area contributed by atoms with Crippen molar-refractivity contribution in [1.29, 1.82) is 0 Å². The van der Waals surface area contributed by atoms with Crippen molar-refractivity contribution >= 4 is 11.9 Å². The molecule has 0 radical (unpaired) electrons. The maximum absolute atomic E-state index is 9.60. The Hall–Kier alpha value is -0.777. The summed E-state index contributed by atoms with van der Waals surface area (Å²) < 4.78 is 0. The number of carboxylic acids is 2. The van der Waals surface area contributed by atoms with Crippen molar-refractivity contribution in [1.82, 2.24) is 0 Å². The molecule has 0 atom stereocenters. The van der Waals surface area contributed by atoms with E-state index in [2.05, 4.69) is 13.2 Å². The van der Waals surface area contributed by atoms with Crippen LogP contribution in [-0.2, 0) is 46.7 Å². The molecule has 0 unspecified atom stereocenters. The first-order chi connectivity index (χ1) is 5.29. The smallest absolute Gasteiger partial charge is 2.00 e. The van der Waals surface area contributed by atoms with Crippen molar-refractivity contribution in [2.75, 3.05) is 0 Å². The Labute approximate surface area is 107 Å². The molecule has 0 aromatic rings. The van der Waals surface area contributed by atoms with Gasteiger partial charge in [0.05, 0.1) is 0 Å². The van der Waals surface area contributed by atoms with Crippen LogP contribution < -0.4 is 0 Å². The molecule has 7 heteroatoms. The van der Waals surface area contributed by atoms with Crippen molar-refractivity contribution in [3.8, 4) is 0 Å². The van der Waals surface area contributed by atoms with Gasteiger partial charge in [0.1, 0.15) is 0 Å². The van der Waals surface area contributed by atoms with E-state index < -0.39 is 11.9 Å². The molecule has 0 aliphatic carbocycles. The molecule has 0 aromatic carbocycles. The summed E-state index contributed by atoms with van der Waals surface area (Å²) in [6.45, 7) is 9.20. The third-order valence-electron chi connectivity index (χ3n) is 0.730. The van der Waals surface area contributed by atoms with E-state index in [1.807, 2.05) is 0 Å². The molecule has 84 valence electrons. The fourth-order valence-electron chi connectivity index (χ4n) is 0. The summed E-state index contributed by atoms with van der Waals surface area (Å²) in [5.74, 6) is -1.87. The SMILES string of the molecule is C=C(C)C(=O)O.C=C(C)C(=O)O.[O-2].[O-2].[Zr+4]. The van der Waals surface area contributed by atoms with Gasteiger partial charge in [-0.15, -0.1) is 0 Å². The van der Waals surface area contributed by atoms with Gasteiger partial charge in [0.15, 0.2) is 0 Å². The van der Waals surface area contributed by atoms with Crippen LogP contribution in [0.15, 0.2) is 24.3 Å². The molecule has 0 saturated carbocycles. The average Bonchev–Trinajstić information content (AvgIpc) is 1.88. The topological polar surface area (TPSA) is 132 Å². The summed E-state index contributed by atoms with van der Waals surface area (Å²) in [5.41, 5.74) is 0.352. The molecule has 0 aromatic heterocycles. The standard InChI is InChI=1S/2C4H6O2.2O.Zr/c2*1-3(2)4(5)6;;;/h2*1H2,2H3,(H,5,6);;;/q;;2*-2;+4. The minimum atomic E-state index is -0.935. The van der Waals surface area contributed by atoms with Gasteiger partial charge < -0.3 is 21.2 Å². The first-order valence-electron chi connectivity index (χ1n) is 3.06. The van der Waals surface area contributed by atoms with E-state index in [1.165, 1.54) is 13.8 Å². The summed E-state index contributed by atoms with van der Waals surface area (Å²) in [7, 11) is 0. The van der Waals surface area contributed by atoms with Gasteiger partial charge in [-0.1, -0.05) is 13.2 Å². The quantitative estimate of drug-likeness (QED) is 0.737. The Balaban J connectivity index is -0.0000000370. The summed E-state index contributed by atoms with van der Waals surface area (Å²) in [6.07, 6.45) is 0. The zero-order valence-electron chi connectivity index (χ0n) is 8.44. The largest absolute Gasteiger partial charge is 4.00 e. The Morgan fingerprint density at radius 3 is 0.933 bits per heavy atom. The van der Waals surface area contributed by atoms with Crippen LogP contribution in [0.1, 0.15) is 13.8 Å². The molecule has 0 aliphatic heterocycles. The Morgan fingerprint density at radius 1 is 0.867 bits per heavy atom. The average molecular weight is 295 g/mol. The van der Waals surface area contributed by atoms with Crippen molar-refractivity contribution in [3.63, 3.8) is 0 Å². The van der Waals surface area contributed by atoms with E-state index in [4.69, 9.17) is 10.2 Å². The molecule has 15 heavy (non-hydrogen) atoms. The minimum Gasteiger partial charge on any atom is -2.00 e. The van der Waals surface area contributed by atoms with Crippen molar-refractivity contribution in [3.05, 3.63) is 24.3 Å². The van der Waals surface area contributed by atoms with Crippen LogP contribution in [-0.4, -0.2) is 22.2 Å². The second kappa shape index (κ2) is 15.7. The van der Waals surface area contributed by atoms with E-state index in [0.29, 0.717) is 0 Å². The van der Waals surface area contributed by atoms with Crippen LogP contribution in [0.5, 0.6) is 0 Å². The maximum atomic E-state index is 9.60. The second-order valence-electron chi connectivity index (χ2n) is 2.17. The molecule has 0 aliphatic rings. The van der Waals surface area contributed by atoms with Gasteiger partial charge >= 0.3 is 38.1 Å². The van der Waals surface area contributed by atoms with Crippen LogP contribution in [0.3, 0.4) is 0 Å². The molecule has 6 nitrogen and oxygen atoms in total. The van der Waals surface area contributed by atoms with Crippen LogP contribution in [0.25, 0.3) is 0 Å². The Kier molecular flexibility index (Phi) is 30.6. The first kappa shape index (κ1) is 29.2. The third kappa shape index (κ3) is 31.9. The molecule has 0 amide bonds. The Bertz CT molecular complexity index is 175. The molecule has 0 heterocycles. The van der Waals surface area contributed by atoms with Gasteiger partial charge in [-0.05, 0) is 13.8 Å². The Morgan fingerprint density at radius 2 is 0.933 bits per heavy atom. The van der Waals surface area contributed by atoms with E-state index in [0.717, 1.165) is 0 Å². The molecule has 0 saturated heterocycles. The second-order valence-corrected chi connectivity index (χ2v) is 2.17. The van der Waals surface area contributed by atoms with Crippen molar-refractivity contribution in [2.45, 2.75) is 13.8 Å². The minimum absolute atomic E-state index is 0. The van der Waals surface area contributed by atoms with Gasteiger partial charge in [-0.3, -0.25) is 0 Å². The molecular formula is C8H12O6Zr. The van der Waals surface area contributed by atoms with E-state index in [1.54, 1.807) is 0 Å². The molecule has 2 N–H and O–H groups in total.